The van der Waals surface area contributed by atoms with Crippen LogP contribution in [0.4, 0.5) is 0 Å². The minimum atomic E-state index is 0. The molecule has 0 radical (unpaired) electrons. The van der Waals surface area contributed by atoms with Gasteiger partial charge in [0.05, 0.1) is 0 Å². The third-order valence-electron chi connectivity index (χ3n) is 0. The number of nitriles is 6. The number of rotatable bonds is 0. The van der Waals surface area contributed by atoms with E-state index in [0.717, 1.165) is 0 Å². The average Bonchev–Trinajstić information content (AvgIpc) is 2.33. The van der Waals surface area contributed by atoms with Crippen LogP contribution >= 0.6 is 0 Å². The largest absolute Gasteiger partial charge is 1.00 e. The van der Waals surface area contributed by atoms with Crippen molar-refractivity contribution < 1.29 is 96.1 Å². The smallest absolute Gasteiger partial charge is 1.00 e. The Hall–Kier alpha value is -0.0210. The van der Waals surface area contributed by atoms with Crippen LogP contribution in [0.2, 0.25) is 0 Å². The van der Waals surface area contributed by atoms with Gasteiger partial charge in [-0.25, -0.2) is 31.6 Å². The van der Waals surface area contributed by atoms with Crippen molar-refractivity contribution in [1.29, 1.82) is 31.6 Å². The van der Waals surface area contributed by atoms with Gasteiger partial charge in [0.15, 0.2) is 0 Å². The maximum Gasteiger partial charge on any atom is 1.00 e. The predicted molar refractivity (Wildman–Crippen MR) is 41.1 cm³/mol. The molecule has 0 aromatic carbocycles. The molecule has 0 fully saturated rings. The van der Waals surface area contributed by atoms with E-state index >= 15 is 0 Å². The molecule has 0 spiro atoms. The quantitative estimate of drug-likeness (QED) is 0.461. The Morgan fingerprint density at radius 1 is 0.467 bits per heavy atom. The Bertz CT molecular complexity index is 108. The Labute approximate surface area is 164 Å². The second-order valence-electron chi connectivity index (χ2n) is 0. The summed E-state index contributed by atoms with van der Waals surface area (Å²) < 4.78 is 0. The summed E-state index contributed by atoms with van der Waals surface area (Å²) in [4.78, 5) is 0. The molecule has 0 N–H and O–H groups in total. The SMILES string of the molecule is C#N.C#N.C#N.C#N.C#N.C#N.[Fe].[H-].[K+].[Zr]. The zero-order chi connectivity index (χ0) is 12.0. The van der Waals surface area contributed by atoms with E-state index in [2.05, 4.69) is 39.4 Å². The van der Waals surface area contributed by atoms with Crippen LogP contribution in [0.1, 0.15) is 1.43 Å². The molecule has 0 rings (SSSR count). The second kappa shape index (κ2) is 5320000. The normalized spacial score (nSPS) is 0.800. The molecule has 0 aromatic heterocycles. The number of hydrogen-bond acceptors (Lipinski definition) is 6. The van der Waals surface area contributed by atoms with E-state index in [4.69, 9.17) is 31.6 Å². The van der Waals surface area contributed by atoms with Crippen molar-refractivity contribution in [2.75, 3.05) is 0 Å². The molecule has 0 saturated heterocycles. The van der Waals surface area contributed by atoms with E-state index in [0.29, 0.717) is 0 Å². The average molecular weight is 349 g/mol. The molecule has 6 nitrogen and oxygen atoms in total. The van der Waals surface area contributed by atoms with Crippen molar-refractivity contribution in [2.45, 2.75) is 0 Å². The monoisotopic (exact) mass is 348 g/mol. The molecular formula is C6H7FeKN6Zr. The molecule has 15 heavy (non-hydrogen) atoms. The van der Waals surface area contributed by atoms with Crippen molar-refractivity contribution in [3.05, 3.63) is 0 Å². The van der Waals surface area contributed by atoms with Gasteiger partial charge in [0.2, 0.25) is 0 Å². The molecule has 0 unspecified atom stereocenters. The van der Waals surface area contributed by atoms with Crippen LogP contribution < -0.4 is 51.4 Å². The summed E-state index contributed by atoms with van der Waals surface area (Å²) in [6, 6.07) is 0. The van der Waals surface area contributed by atoms with Gasteiger partial charge in [0.1, 0.15) is 0 Å². The summed E-state index contributed by atoms with van der Waals surface area (Å²) in [6.45, 7) is 21.0. The van der Waals surface area contributed by atoms with Crippen LogP contribution in [-0.4, -0.2) is 0 Å². The van der Waals surface area contributed by atoms with Crippen molar-refractivity contribution in [3.8, 4) is 39.4 Å². The third kappa shape index (κ3) is 4530000. The molecule has 9 heteroatoms. The predicted octanol–water partition coefficient (Wildman–Crippen LogP) is -2.05. The summed E-state index contributed by atoms with van der Waals surface area (Å²) >= 11 is 0. The van der Waals surface area contributed by atoms with E-state index in [-0.39, 0.29) is 96.1 Å². The molecule has 0 aliphatic heterocycles. The zero-order valence-electron chi connectivity index (χ0n) is 9.00. The van der Waals surface area contributed by atoms with E-state index < -0.39 is 0 Å². The van der Waals surface area contributed by atoms with Crippen molar-refractivity contribution >= 4 is 0 Å². The van der Waals surface area contributed by atoms with Crippen LogP contribution in [0.15, 0.2) is 0 Å². The Morgan fingerprint density at radius 2 is 0.467 bits per heavy atom. The van der Waals surface area contributed by atoms with Gasteiger partial charge < -0.3 is 1.43 Å². The minimum absolute atomic E-state index is 0. The second-order valence-corrected chi connectivity index (χ2v) is 0. The van der Waals surface area contributed by atoms with Gasteiger partial charge in [-0.05, 0) is 0 Å². The standard InChI is InChI=1S/6CHN.Fe.K.Zr.H/c6*1-2;;;;/h6*1H;;;;/q;;;;;;;+1;;-1. The van der Waals surface area contributed by atoms with Gasteiger partial charge >= 0.3 is 51.4 Å². The van der Waals surface area contributed by atoms with E-state index in [1.165, 1.54) is 0 Å². The maximum absolute atomic E-state index is 6.50. The van der Waals surface area contributed by atoms with Crippen molar-refractivity contribution in [2.24, 2.45) is 0 Å². The van der Waals surface area contributed by atoms with Gasteiger partial charge in [0.25, 0.3) is 0 Å². The third-order valence-corrected chi connectivity index (χ3v) is 0. The fourth-order valence-electron chi connectivity index (χ4n) is 0. The first-order valence-electron chi connectivity index (χ1n) is 1.55. The van der Waals surface area contributed by atoms with Crippen LogP contribution in [0, 0.1) is 71.0 Å². The first-order valence-corrected chi connectivity index (χ1v) is 1.55. The zero-order valence-corrected chi connectivity index (χ0v) is 14.7. The molecule has 0 saturated carbocycles. The summed E-state index contributed by atoms with van der Waals surface area (Å²) in [6.07, 6.45) is 0. The van der Waals surface area contributed by atoms with E-state index in [1.807, 2.05) is 0 Å². The Kier molecular flexibility index (Phi) is 29000000. The molecule has 0 aliphatic rings. The van der Waals surface area contributed by atoms with Crippen molar-refractivity contribution in [1.82, 2.24) is 0 Å². The molecule has 0 aromatic rings. The van der Waals surface area contributed by atoms with Crippen LogP contribution in [-0.2, 0) is 43.3 Å². The summed E-state index contributed by atoms with van der Waals surface area (Å²) in [5.74, 6) is 0. The Morgan fingerprint density at radius 3 is 0.467 bits per heavy atom. The molecule has 0 bridgehead atoms. The maximum atomic E-state index is 6.50. The van der Waals surface area contributed by atoms with Gasteiger partial charge in [0, 0.05) is 82.7 Å². The minimum Gasteiger partial charge on any atom is -1.00 e. The molecule has 0 aliphatic carbocycles. The van der Waals surface area contributed by atoms with Crippen LogP contribution in [0.3, 0.4) is 0 Å². The van der Waals surface area contributed by atoms with Gasteiger partial charge in [-0.2, -0.15) is 0 Å². The number of nitrogens with zero attached hydrogens (tertiary/aromatic N) is 6. The van der Waals surface area contributed by atoms with Gasteiger partial charge in [-0.1, -0.05) is 0 Å². The Balaban J connectivity index is -0.00000000321. The number of hydrogen-bond donors (Lipinski definition) is 0. The van der Waals surface area contributed by atoms with E-state index in [9.17, 15) is 0 Å². The summed E-state index contributed by atoms with van der Waals surface area (Å²) in [5, 5.41) is 39.0. The van der Waals surface area contributed by atoms with Crippen molar-refractivity contribution in [3.63, 3.8) is 0 Å². The van der Waals surface area contributed by atoms with Crippen LogP contribution in [0.5, 0.6) is 0 Å². The molecule has 0 atom stereocenters. The van der Waals surface area contributed by atoms with E-state index in [1.54, 1.807) is 0 Å². The van der Waals surface area contributed by atoms with Gasteiger partial charge in [-0.15, -0.1) is 0 Å². The van der Waals surface area contributed by atoms with Crippen LogP contribution in [0.25, 0.3) is 0 Å². The summed E-state index contributed by atoms with van der Waals surface area (Å²) in [7, 11) is 0. The molecular weight excluding hydrogens is 342 g/mol. The fourth-order valence-corrected chi connectivity index (χ4v) is 0. The molecule has 0 amide bonds. The molecule has 0 heterocycles. The fraction of sp³-hybridized carbons (Fsp3) is 0. The first kappa shape index (κ1) is 81.9. The first-order chi connectivity index (χ1) is 6.00. The topological polar surface area (TPSA) is 143 Å². The summed E-state index contributed by atoms with van der Waals surface area (Å²) in [5.41, 5.74) is 0. The molecule has 74 valence electrons. The van der Waals surface area contributed by atoms with Gasteiger partial charge in [-0.3, -0.25) is 0 Å².